The number of allylic oxidation sites excluding steroid dienone is 2. The second kappa shape index (κ2) is 4.34. The van der Waals surface area contributed by atoms with E-state index < -0.39 is 0 Å². The Kier molecular flexibility index (Phi) is 2.67. The van der Waals surface area contributed by atoms with Crippen LogP contribution in [-0.4, -0.2) is 18.9 Å². The van der Waals surface area contributed by atoms with Gasteiger partial charge in [0.25, 0.3) is 0 Å². The van der Waals surface area contributed by atoms with E-state index in [0.29, 0.717) is 16.5 Å². The molecule has 0 N–H and O–H groups in total. The first-order valence-electron chi connectivity index (χ1n) is 7.01. The van der Waals surface area contributed by atoms with E-state index in [0.717, 1.165) is 6.42 Å². The minimum atomic E-state index is -0.212. The van der Waals surface area contributed by atoms with Gasteiger partial charge in [0.15, 0.2) is 0 Å². The zero-order chi connectivity index (χ0) is 14.7. The Labute approximate surface area is 127 Å². The van der Waals surface area contributed by atoms with E-state index in [-0.39, 0.29) is 35.5 Å². The SMILES string of the molecule is COc1ccc(Cl)cc1N1C(=O)[C@@H]2[C@H](C1=O)[C@H]1C=C[C@H]2C1. The number of carbonyl (C=O) groups is 2. The number of imide groups is 1. The van der Waals surface area contributed by atoms with Crippen LogP contribution in [0.15, 0.2) is 30.4 Å². The predicted molar refractivity (Wildman–Crippen MR) is 78.2 cm³/mol. The monoisotopic (exact) mass is 303 g/mol. The normalized spacial score (nSPS) is 33.0. The third-order valence-electron chi connectivity index (χ3n) is 4.85. The molecule has 2 bridgehead atoms. The Morgan fingerprint density at radius 2 is 1.76 bits per heavy atom. The quantitative estimate of drug-likeness (QED) is 0.623. The first-order chi connectivity index (χ1) is 10.1. The van der Waals surface area contributed by atoms with Crippen molar-refractivity contribution in [1.29, 1.82) is 0 Å². The summed E-state index contributed by atoms with van der Waals surface area (Å²) in [5.41, 5.74) is 0.453. The largest absolute Gasteiger partial charge is 0.495 e. The van der Waals surface area contributed by atoms with Gasteiger partial charge in [-0.2, -0.15) is 0 Å². The Bertz CT molecular complexity index is 654. The average molecular weight is 304 g/mol. The fourth-order valence-electron chi connectivity index (χ4n) is 3.98. The van der Waals surface area contributed by atoms with Crippen molar-refractivity contribution in [3.63, 3.8) is 0 Å². The van der Waals surface area contributed by atoms with Crippen LogP contribution in [0.25, 0.3) is 0 Å². The van der Waals surface area contributed by atoms with Crippen LogP contribution in [-0.2, 0) is 9.59 Å². The molecule has 1 saturated heterocycles. The van der Waals surface area contributed by atoms with Crippen molar-refractivity contribution in [2.75, 3.05) is 12.0 Å². The van der Waals surface area contributed by atoms with Crippen LogP contribution < -0.4 is 9.64 Å². The highest BCUT2D eigenvalue weighted by molar-refractivity contribution is 6.31. The summed E-state index contributed by atoms with van der Waals surface area (Å²) >= 11 is 6.02. The summed E-state index contributed by atoms with van der Waals surface area (Å²) in [6.07, 6.45) is 5.08. The van der Waals surface area contributed by atoms with Gasteiger partial charge >= 0.3 is 0 Å². The Hall–Kier alpha value is -1.81. The van der Waals surface area contributed by atoms with Gasteiger partial charge < -0.3 is 4.74 Å². The molecule has 4 atom stereocenters. The lowest BCUT2D eigenvalue weighted by atomic mass is 9.85. The molecule has 2 amide bonds. The minimum Gasteiger partial charge on any atom is -0.495 e. The third-order valence-corrected chi connectivity index (χ3v) is 5.09. The highest BCUT2D eigenvalue weighted by Crippen LogP contribution is 2.54. The van der Waals surface area contributed by atoms with Gasteiger partial charge in [0.05, 0.1) is 24.6 Å². The van der Waals surface area contributed by atoms with Crippen molar-refractivity contribution in [3.05, 3.63) is 35.4 Å². The van der Waals surface area contributed by atoms with Gasteiger partial charge in [-0.15, -0.1) is 0 Å². The van der Waals surface area contributed by atoms with Gasteiger partial charge in [0.2, 0.25) is 11.8 Å². The van der Waals surface area contributed by atoms with Crippen molar-refractivity contribution >= 4 is 29.1 Å². The summed E-state index contributed by atoms with van der Waals surface area (Å²) in [6.45, 7) is 0. The van der Waals surface area contributed by atoms with Gasteiger partial charge in [-0.05, 0) is 36.5 Å². The molecule has 1 aliphatic heterocycles. The number of ether oxygens (including phenoxy) is 1. The standard InChI is InChI=1S/C16H14ClNO3/c1-21-12-5-4-10(17)7-11(12)18-15(19)13-8-2-3-9(6-8)14(13)16(18)20/h2-5,7-9,13-14H,6H2,1H3/t8-,9-,13-,14+/m0/s1. The van der Waals surface area contributed by atoms with Crippen LogP contribution in [0.4, 0.5) is 5.69 Å². The van der Waals surface area contributed by atoms with Crippen molar-refractivity contribution < 1.29 is 14.3 Å². The summed E-state index contributed by atoms with van der Waals surface area (Å²) in [7, 11) is 1.52. The number of anilines is 1. The summed E-state index contributed by atoms with van der Waals surface area (Å²) in [6, 6.07) is 4.98. The maximum absolute atomic E-state index is 12.7. The fraction of sp³-hybridized carbons (Fsp3) is 0.375. The van der Waals surface area contributed by atoms with Gasteiger partial charge in [0.1, 0.15) is 5.75 Å². The number of halogens is 1. The summed E-state index contributed by atoms with van der Waals surface area (Å²) in [5, 5.41) is 0.476. The number of benzene rings is 1. The summed E-state index contributed by atoms with van der Waals surface area (Å²) < 4.78 is 5.28. The number of hydrogen-bond donors (Lipinski definition) is 0. The van der Waals surface area contributed by atoms with Crippen LogP contribution >= 0.6 is 11.6 Å². The van der Waals surface area contributed by atoms with E-state index in [4.69, 9.17) is 16.3 Å². The molecule has 0 unspecified atom stereocenters. The highest BCUT2D eigenvalue weighted by atomic mass is 35.5. The Balaban J connectivity index is 1.79. The van der Waals surface area contributed by atoms with Crippen molar-refractivity contribution in [2.24, 2.45) is 23.7 Å². The number of methoxy groups -OCH3 is 1. The topological polar surface area (TPSA) is 46.6 Å². The maximum Gasteiger partial charge on any atom is 0.238 e. The molecule has 4 rings (SSSR count). The van der Waals surface area contributed by atoms with Gasteiger partial charge in [-0.25, -0.2) is 4.90 Å². The molecule has 1 heterocycles. The lowest BCUT2D eigenvalue weighted by Gasteiger charge is -2.20. The second-order valence-corrected chi connectivity index (χ2v) is 6.26. The average Bonchev–Trinajstić information content (AvgIpc) is 3.13. The first kappa shape index (κ1) is 12.9. The zero-order valence-corrected chi connectivity index (χ0v) is 12.2. The van der Waals surface area contributed by atoms with Gasteiger partial charge in [-0.3, -0.25) is 9.59 Å². The molecule has 0 aromatic heterocycles. The van der Waals surface area contributed by atoms with Crippen LogP contribution in [0.1, 0.15) is 6.42 Å². The number of rotatable bonds is 2. The van der Waals surface area contributed by atoms with Crippen molar-refractivity contribution in [3.8, 4) is 5.75 Å². The molecule has 0 radical (unpaired) electrons. The molecule has 1 aromatic rings. The van der Waals surface area contributed by atoms with Crippen LogP contribution in [0.2, 0.25) is 5.02 Å². The van der Waals surface area contributed by atoms with Crippen LogP contribution in [0, 0.1) is 23.7 Å². The van der Waals surface area contributed by atoms with E-state index in [1.807, 2.05) is 0 Å². The minimum absolute atomic E-state index is 0.123. The molecule has 2 fully saturated rings. The Morgan fingerprint density at radius 1 is 1.14 bits per heavy atom. The number of nitrogens with zero attached hydrogens (tertiary/aromatic N) is 1. The highest BCUT2D eigenvalue weighted by Gasteiger charge is 2.59. The van der Waals surface area contributed by atoms with E-state index >= 15 is 0 Å². The maximum atomic E-state index is 12.7. The summed E-state index contributed by atoms with van der Waals surface area (Å²) in [4.78, 5) is 26.7. The van der Waals surface area contributed by atoms with E-state index in [9.17, 15) is 9.59 Å². The van der Waals surface area contributed by atoms with Crippen molar-refractivity contribution in [1.82, 2.24) is 0 Å². The molecule has 5 heteroatoms. The first-order valence-corrected chi connectivity index (χ1v) is 7.39. The Morgan fingerprint density at radius 3 is 2.33 bits per heavy atom. The van der Waals surface area contributed by atoms with Gasteiger partial charge in [0, 0.05) is 5.02 Å². The van der Waals surface area contributed by atoms with Crippen LogP contribution in [0.5, 0.6) is 5.75 Å². The number of hydrogen-bond acceptors (Lipinski definition) is 3. The smallest absolute Gasteiger partial charge is 0.238 e. The molecule has 4 nitrogen and oxygen atoms in total. The molecule has 108 valence electrons. The fourth-order valence-corrected chi connectivity index (χ4v) is 4.14. The third kappa shape index (κ3) is 1.62. The lowest BCUT2D eigenvalue weighted by molar-refractivity contribution is -0.123. The van der Waals surface area contributed by atoms with E-state index in [1.165, 1.54) is 12.0 Å². The van der Waals surface area contributed by atoms with E-state index in [1.54, 1.807) is 18.2 Å². The molecule has 1 saturated carbocycles. The molecule has 2 aliphatic carbocycles. The van der Waals surface area contributed by atoms with Crippen molar-refractivity contribution in [2.45, 2.75) is 6.42 Å². The molecular weight excluding hydrogens is 290 g/mol. The zero-order valence-electron chi connectivity index (χ0n) is 11.5. The predicted octanol–water partition coefficient (Wildman–Crippen LogP) is 2.66. The molecular formula is C16H14ClNO3. The van der Waals surface area contributed by atoms with Gasteiger partial charge in [-0.1, -0.05) is 23.8 Å². The number of amides is 2. The van der Waals surface area contributed by atoms with E-state index in [2.05, 4.69) is 12.2 Å². The molecule has 21 heavy (non-hydrogen) atoms. The second-order valence-electron chi connectivity index (χ2n) is 5.83. The molecule has 1 aromatic carbocycles. The van der Waals surface area contributed by atoms with Crippen LogP contribution in [0.3, 0.4) is 0 Å². The lowest BCUT2D eigenvalue weighted by Crippen LogP contribution is -2.33. The number of fused-ring (bicyclic) bond motifs is 5. The number of carbonyl (C=O) groups excluding carboxylic acids is 2. The summed E-state index contributed by atoms with van der Waals surface area (Å²) in [5.74, 6) is 0.219. The molecule has 3 aliphatic rings. The molecule has 0 spiro atoms.